The second-order valence-electron chi connectivity index (χ2n) is 11.7. The van der Waals surface area contributed by atoms with Gasteiger partial charge >= 0.3 is 20.4 Å². The summed E-state index contributed by atoms with van der Waals surface area (Å²) in [6, 6.07) is 55.9. The summed E-state index contributed by atoms with van der Waals surface area (Å²) in [5.74, 6) is 0. The van der Waals surface area contributed by atoms with Gasteiger partial charge in [0.05, 0.1) is 14.2 Å². The number of benzene rings is 6. The first-order valence-electron chi connectivity index (χ1n) is 15.7. The molecule has 0 spiro atoms. The van der Waals surface area contributed by atoms with Crippen molar-refractivity contribution in [2.24, 2.45) is 0 Å². The van der Waals surface area contributed by atoms with E-state index >= 15 is 0 Å². The van der Waals surface area contributed by atoms with Crippen LogP contribution < -0.4 is 25.7 Å². The Hall–Kier alpha value is -4.28. The van der Waals surface area contributed by atoms with Crippen LogP contribution in [0, 0.1) is 6.07 Å². The van der Waals surface area contributed by atoms with Crippen LogP contribution >= 0.6 is 7.92 Å². The molecule has 0 unspecified atom stereocenters. The van der Waals surface area contributed by atoms with E-state index in [1.165, 1.54) is 38.4 Å². The van der Waals surface area contributed by atoms with Crippen molar-refractivity contribution in [3.05, 3.63) is 163 Å². The quantitative estimate of drug-likeness (QED) is 0.0761. The minimum Gasteiger partial charge on any atom is -0.706 e. The van der Waals surface area contributed by atoms with Crippen molar-refractivity contribution in [1.82, 2.24) is 0 Å². The summed E-state index contributed by atoms with van der Waals surface area (Å²) in [5, 5.41) is 4.22. The number of rotatable bonds is 7. The molecule has 6 aromatic carbocycles. The van der Waals surface area contributed by atoms with Crippen LogP contribution in [0.2, 0.25) is 0 Å². The molecule has 0 radical (unpaired) electrons. The standard InChI is InChI=1S/C28H29N2P.C12H9N.CH4O3S.Pd/c1-29(2)25-19-13-20-26(30(3)4)28(25)24-18-11-12-21-27(24)31(22-14-7-5-8-15-22)23-16-9-6-10-17-23;13-12-9-5-4-8-11(12)10-6-2-1-3-7-10;1-5(2,3)4;/h5-21H,1-4H3;1-6,8-9,13H;1H3,(H,2,3,4);/q;-2;;+2/p+1. The summed E-state index contributed by atoms with van der Waals surface area (Å²) >= 11 is 0. The minimum absolute atomic E-state index is 0. The molecule has 0 bridgehead atoms. The smallest absolute Gasteiger partial charge is 0.706 e. The fraction of sp³-hybridized carbons (Fsp3) is 0.122. The molecule has 260 valence electrons. The van der Waals surface area contributed by atoms with E-state index in [-0.39, 0.29) is 20.4 Å². The van der Waals surface area contributed by atoms with Gasteiger partial charge in [-0.1, -0.05) is 84.9 Å². The number of nitrogens with zero attached hydrogens (tertiary/aromatic N) is 2. The first-order chi connectivity index (χ1) is 23.5. The Morgan fingerprint density at radius 1 is 0.600 bits per heavy atom. The van der Waals surface area contributed by atoms with Crippen LogP contribution in [0.3, 0.4) is 0 Å². The summed E-state index contributed by atoms with van der Waals surface area (Å²) < 4.78 is 25.9. The Bertz CT molecular complexity index is 1960. The van der Waals surface area contributed by atoms with Crippen molar-refractivity contribution in [3.8, 4) is 22.3 Å². The van der Waals surface area contributed by atoms with Crippen molar-refractivity contribution in [2.45, 2.75) is 0 Å². The molecular formula is C41H43N3O3PPdS+. The van der Waals surface area contributed by atoms with Gasteiger partial charge in [-0.05, 0) is 42.5 Å². The monoisotopic (exact) mass is 794 g/mol. The molecule has 6 rings (SSSR count). The van der Waals surface area contributed by atoms with Crippen LogP contribution in [-0.2, 0) is 30.5 Å². The molecule has 0 aromatic heterocycles. The van der Waals surface area contributed by atoms with Crippen LogP contribution in [0.15, 0.2) is 152 Å². The molecule has 50 heavy (non-hydrogen) atoms. The van der Waals surface area contributed by atoms with Crippen LogP contribution in [-0.4, -0.2) is 47.4 Å². The first-order valence-corrected chi connectivity index (χ1v) is 19.1. The average Bonchev–Trinajstić information content (AvgIpc) is 3.09. The molecule has 0 aliphatic heterocycles. The molecule has 0 aliphatic carbocycles. The summed E-state index contributed by atoms with van der Waals surface area (Å²) in [6.45, 7) is 0. The van der Waals surface area contributed by atoms with Gasteiger partial charge in [0.1, 0.15) is 15.9 Å². The van der Waals surface area contributed by atoms with Crippen molar-refractivity contribution in [1.29, 1.82) is 0 Å². The molecule has 0 aliphatic rings. The minimum atomic E-state index is -3.67. The van der Waals surface area contributed by atoms with E-state index in [0.29, 0.717) is 11.9 Å². The Balaban J connectivity index is 0.000000293. The second-order valence-corrected chi connectivity index (χ2v) is 15.6. The molecule has 6 aromatic rings. The summed E-state index contributed by atoms with van der Waals surface area (Å²) in [4.78, 5) is 4.44. The maximum atomic E-state index is 9.19. The molecule has 0 heterocycles. The fourth-order valence-corrected chi connectivity index (χ4v) is 8.18. The Morgan fingerprint density at radius 2 is 1.04 bits per heavy atom. The van der Waals surface area contributed by atoms with Gasteiger partial charge in [-0.3, -0.25) is 4.55 Å². The van der Waals surface area contributed by atoms with E-state index in [1.807, 2.05) is 42.5 Å². The SMILES string of the molecule is CN(C)c1cccc(N(C)C)c1-c1ccccc1[PH+](c1ccccc1)c1ccccc1.CS(=O)(=O)O.[NH-]c1ccccc1-c1[c-]cccc1.[Pd+2]. The maximum absolute atomic E-state index is 9.19. The van der Waals surface area contributed by atoms with E-state index in [9.17, 15) is 8.42 Å². The van der Waals surface area contributed by atoms with Crippen molar-refractivity contribution in [2.75, 3.05) is 44.2 Å². The van der Waals surface area contributed by atoms with E-state index in [2.05, 4.69) is 147 Å². The molecule has 0 atom stereocenters. The van der Waals surface area contributed by atoms with Crippen LogP contribution in [0.25, 0.3) is 28.0 Å². The average molecular weight is 795 g/mol. The van der Waals surface area contributed by atoms with Crippen molar-refractivity contribution >= 4 is 51.0 Å². The van der Waals surface area contributed by atoms with Crippen molar-refractivity contribution in [3.63, 3.8) is 0 Å². The maximum Gasteiger partial charge on any atom is 2.00 e. The summed E-state index contributed by atoms with van der Waals surface area (Å²) in [6.07, 6.45) is 0.715. The van der Waals surface area contributed by atoms with E-state index in [1.54, 1.807) is 6.07 Å². The predicted molar refractivity (Wildman–Crippen MR) is 213 cm³/mol. The van der Waals surface area contributed by atoms with Crippen LogP contribution in [0.4, 0.5) is 17.1 Å². The molecular weight excluding hydrogens is 752 g/mol. The second kappa shape index (κ2) is 19.2. The van der Waals surface area contributed by atoms with Gasteiger partial charge < -0.3 is 15.5 Å². The summed E-state index contributed by atoms with van der Waals surface area (Å²) in [5.41, 5.74) is 15.2. The molecule has 0 fully saturated rings. The molecule has 0 saturated heterocycles. The van der Waals surface area contributed by atoms with Gasteiger partial charge in [-0.15, -0.1) is 41.5 Å². The number of nitrogens with one attached hydrogen (secondary N) is 1. The van der Waals surface area contributed by atoms with Crippen LogP contribution in [0.1, 0.15) is 0 Å². The summed E-state index contributed by atoms with van der Waals surface area (Å²) in [7, 11) is 3.66. The van der Waals surface area contributed by atoms with Crippen molar-refractivity contribution < 1.29 is 33.4 Å². The fourth-order valence-electron chi connectivity index (χ4n) is 5.43. The number of hydrogen-bond donors (Lipinski definition) is 1. The predicted octanol–water partition coefficient (Wildman–Crippen LogP) is 8.32. The van der Waals surface area contributed by atoms with E-state index < -0.39 is 18.0 Å². The van der Waals surface area contributed by atoms with Gasteiger partial charge in [-0.25, -0.2) is 0 Å². The zero-order valence-electron chi connectivity index (χ0n) is 28.8. The molecule has 0 amide bonds. The Labute approximate surface area is 312 Å². The van der Waals surface area contributed by atoms with Gasteiger partial charge in [0, 0.05) is 50.7 Å². The topological polar surface area (TPSA) is 84.7 Å². The molecule has 9 heteroatoms. The van der Waals surface area contributed by atoms with Gasteiger partial charge in [-0.2, -0.15) is 14.1 Å². The molecule has 6 nitrogen and oxygen atoms in total. The third kappa shape index (κ3) is 11.4. The van der Waals surface area contributed by atoms with E-state index in [4.69, 9.17) is 10.3 Å². The van der Waals surface area contributed by atoms with Crippen LogP contribution in [0.5, 0.6) is 0 Å². The third-order valence-electron chi connectivity index (χ3n) is 7.50. The third-order valence-corrected chi connectivity index (χ3v) is 10.3. The first kappa shape index (κ1) is 40.2. The largest absolute Gasteiger partial charge is 2.00 e. The Morgan fingerprint density at radius 3 is 1.50 bits per heavy atom. The zero-order valence-corrected chi connectivity index (χ0v) is 32.2. The van der Waals surface area contributed by atoms with Gasteiger partial charge in [0.15, 0.2) is 0 Å². The van der Waals surface area contributed by atoms with Gasteiger partial charge in [0.25, 0.3) is 10.1 Å². The Kier molecular flexibility index (Phi) is 15.4. The molecule has 2 N–H and O–H groups in total. The number of hydrogen-bond acceptors (Lipinski definition) is 4. The normalized spacial score (nSPS) is 10.5. The molecule has 0 saturated carbocycles. The van der Waals surface area contributed by atoms with Gasteiger partial charge in [0.2, 0.25) is 0 Å². The zero-order chi connectivity index (χ0) is 35.4. The van der Waals surface area contributed by atoms with E-state index in [0.717, 1.165) is 11.1 Å². The number of anilines is 2.